The van der Waals surface area contributed by atoms with Gasteiger partial charge in [0.05, 0.1) is 0 Å². The highest BCUT2D eigenvalue weighted by atomic mass is 16.6. The van der Waals surface area contributed by atoms with Gasteiger partial charge in [-0.05, 0) is 12.1 Å². The van der Waals surface area contributed by atoms with Crippen molar-refractivity contribution < 1.29 is 9.47 Å². The van der Waals surface area contributed by atoms with Crippen molar-refractivity contribution >= 4 is 6.08 Å². The molecule has 60 valence electrons. The minimum atomic E-state index is 0.0173. The number of ether oxygens (including phenoxy) is 1. The molecule has 3 heteroatoms. The summed E-state index contributed by atoms with van der Waals surface area (Å²) >= 11 is 0. The lowest BCUT2D eigenvalue weighted by Gasteiger charge is -2.06. The van der Waals surface area contributed by atoms with E-state index in [9.17, 15) is 5.21 Å². The van der Waals surface area contributed by atoms with Crippen LogP contribution in [0.3, 0.4) is 0 Å². The summed E-state index contributed by atoms with van der Waals surface area (Å²) in [6, 6.07) is 3.68. The van der Waals surface area contributed by atoms with Gasteiger partial charge in [-0.25, -0.2) is 0 Å². The zero-order valence-corrected chi connectivity index (χ0v) is 6.31. The van der Waals surface area contributed by atoms with Gasteiger partial charge in [0.1, 0.15) is 6.10 Å². The summed E-state index contributed by atoms with van der Waals surface area (Å²) in [6.45, 7) is 0. The van der Waals surface area contributed by atoms with E-state index in [2.05, 4.69) is 0 Å². The molecule has 1 saturated heterocycles. The summed E-state index contributed by atoms with van der Waals surface area (Å²) in [5.74, 6) is 0. The second kappa shape index (κ2) is 1.87. The first-order valence-corrected chi connectivity index (χ1v) is 3.92. The fourth-order valence-corrected chi connectivity index (χ4v) is 1.64. The van der Waals surface area contributed by atoms with Gasteiger partial charge in [-0.3, -0.25) is 0 Å². The van der Waals surface area contributed by atoms with Crippen LogP contribution in [0.15, 0.2) is 24.4 Å². The van der Waals surface area contributed by atoms with Crippen molar-refractivity contribution in [3.8, 4) is 0 Å². The predicted octanol–water partition coefficient (Wildman–Crippen LogP) is 0.787. The Morgan fingerprint density at radius 3 is 3.33 bits per heavy atom. The summed E-state index contributed by atoms with van der Waals surface area (Å²) in [5, 5.41) is 11.3. The summed E-state index contributed by atoms with van der Waals surface area (Å²) in [6.07, 6.45) is 5.62. The SMILES string of the molecule is [O-][n+]1cccc2c1[C@H]1O[C@H]1C=C2. The molecular formula is C9H7NO2. The number of nitrogens with zero attached hydrogens (tertiary/aromatic N) is 1. The molecule has 0 unspecified atom stereocenters. The molecule has 2 heterocycles. The third-order valence-corrected chi connectivity index (χ3v) is 2.29. The van der Waals surface area contributed by atoms with E-state index in [-0.39, 0.29) is 12.2 Å². The molecule has 12 heavy (non-hydrogen) atoms. The van der Waals surface area contributed by atoms with E-state index in [4.69, 9.17) is 4.74 Å². The topological polar surface area (TPSA) is 39.5 Å². The van der Waals surface area contributed by atoms with Crippen LogP contribution in [0.2, 0.25) is 0 Å². The highest BCUT2D eigenvalue weighted by Gasteiger charge is 2.47. The molecule has 2 aliphatic rings. The van der Waals surface area contributed by atoms with Gasteiger partial charge in [-0.1, -0.05) is 6.08 Å². The molecule has 1 fully saturated rings. The first-order valence-electron chi connectivity index (χ1n) is 3.92. The minimum absolute atomic E-state index is 0.0173. The zero-order valence-electron chi connectivity index (χ0n) is 6.31. The second-order valence-corrected chi connectivity index (χ2v) is 3.05. The highest BCUT2D eigenvalue weighted by molar-refractivity contribution is 5.56. The molecule has 1 aliphatic carbocycles. The molecule has 0 saturated carbocycles. The van der Waals surface area contributed by atoms with Crippen LogP contribution in [0, 0.1) is 5.21 Å². The molecule has 0 spiro atoms. The van der Waals surface area contributed by atoms with E-state index in [1.54, 1.807) is 6.07 Å². The molecule has 0 radical (unpaired) electrons. The van der Waals surface area contributed by atoms with E-state index >= 15 is 0 Å². The molecule has 0 aromatic carbocycles. The fourth-order valence-electron chi connectivity index (χ4n) is 1.64. The van der Waals surface area contributed by atoms with Crippen LogP contribution in [0.4, 0.5) is 0 Å². The zero-order chi connectivity index (χ0) is 8.13. The van der Waals surface area contributed by atoms with Crippen molar-refractivity contribution in [3.63, 3.8) is 0 Å². The summed E-state index contributed by atoms with van der Waals surface area (Å²) in [7, 11) is 0. The van der Waals surface area contributed by atoms with Gasteiger partial charge >= 0.3 is 0 Å². The average Bonchev–Trinajstić information content (AvgIpc) is 2.82. The molecule has 1 aliphatic heterocycles. The third-order valence-electron chi connectivity index (χ3n) is 2.29. The van der Waals surface area contributed by atoms with E-state index in [0.717, 1.165) is 16.0 Å². The average molecular weight is 161 g/mol. The fraction of sp³-hybridized carbons (Fsp3) is 0.222. The molecule has 0 N–H and O–H groups in total. The Morgan fingerprint density at radius 1 is 1.50 bits per heavy atom. The van der Waals surface area contributed by atoms with Gasteiger partial charge in [0, 0.05) is 11.6 Å². The largest absolute Gasteiger partial charge is 0.618 e. The van der Waals surface area contributed by atoms with Crippen molar-refractivity contribution in [2.75, 3.05) is 0 Å². The second-order valence-electron chi connectivity index (χ2n) is 3.05. The summed E-state index contributed by atoms with van der Waals surface area (Å²) in [4.78, 5) is 0. The van der Waals surface area contributed by atoms with Crippen LogP contribution in [-0.4, -0.2) is 6.10 Å². The molecule has 2 atom stereocenters. The third kappa shape index (κ3) is 0.662. The van der Waals surface area contributed by atoms with Crippen molar-refractivity contribution in [1.29, 1.82) is 0 Å². The van der Waals surface area contributed by atoms with Gasteiger partial charge in [-0.2, -0.15) is 4.73 Å². The molecular weight excluding hydrogens is 154 g/mol. The quantitative estimate of drug-likeness (QED) is 0.320. The Kier molecular flexibility index (Phi) is 0.966. The van der Waals surface area contributed by atoms with Crippen molar-refractivity contribution in [3.05, 3.63) is 40.9 Å². The maximum atomic E-state index is 11.3. The van der Waals surface area contributed by atoms with Crippen molar-refractivity contribution in [2.24, 2.45) is 0 Å². The molecule has 1 aromatic rings. The molecule has 3 rings (SSSR count). The Morgan fingerprint density at radius 2 is 2.42 bits per heavy atom. The van der Waals surface area contributed by atoms with Crippen LogP contribution in [0.25, 0.3) is 6.08 Å². The summed E-state index contributed by atoms with van der Waals surface area (Å²) < 4.78 is 6.17. The number of hydrogen-bond donors (Lipinski definition) is 0. The minimum Gasteiger partial charge on any atom is -0.618 e. The molecule has 3 nitrogen and oxygen atoms in total. The van der Waals surface area contributed by atoms with Gasteiger partial charge in [-0.15, -0.1) is 0 Å². The number of fused-ring (bicyclic) bond motifs is 3. The Balaban J connectivity index is 2.27. The number of epoxide rings is 1. The van der Waals surface area contributed by atoms with Gasteiger partial charge in [0.25, 0.3) is 0 Å². The van der Waals surface area contributed by atoms with E-state index in [0.29, 0.717) is 0 Å². The maximum Gasteiger partial charge on any atom is 0.232 e. The van der Waals surface area contributed by atoms with E-state index in [1.807, 2.05) is 18.2 Å². The lowest BCUT2D eigenvalue weighted by Crippen LogP contribution is -2.32. The maximum absolute atomic E-state index is 11.3. The monoisotopic (exact) mass is 161 g/mol. The lowest BCUT2D eigenvalue weighted by molar-refractivity contribution is -0.615. The van der Waals surface area contributed by atoms with E-state index in [1.165, 1.54) is 6.20 Å². The number of hydrogen-bond acceptors (Lipinski definition) is 2. The standard InChI is InChI=1S/C9H7NO2/c11-10-5-1-2-6-3-4-7-9(12-7)8(6)10/h1-5,7,9H/t7-,9-/m0/s1. The molecule has 0 amide bonds. The van der Waals surface area contributed by atoms with Gasteiger partial charge in [0.15, 0.2) is 12.3 Å². The lowest BCUT2D eigenvalue weighted by atomic mass is 10.0. The van der Waals surface area contributed by atoms with Crippen LogP contribution >= 0.6 is 0 Å². The van der Waals surface area contributed by atoms with Crippen LogP contribution < -0.4 is 4.73 Å². The smallest absolute Gasteiger partial charge is 0.232 e. The number of aromatic nitrogens is 1. The Labute approximate surface area is 69.5 Å². The van der Waals surface area contributed by atoms with Crippen LogP contribution in [0.5, 0.6) is 0 Å². The van der Waals surface area contributed by atoms with Crippen molar-refractivity contribution in [1.82, 2.24) is 0 Å². The highest BCUT2D eigenvalue weighted by Crippen LogP contribution is 2.42. The number of rotatable bonds is 0. The molecule has 1 aromatic heterocycles. The normalized spacial score (nSPS) is 29.3. The van der Waals surface area contributed by atoms with E-state index < -0.39 is 0 Å². The van der Waals surface area contributed by atoms with Crippen LogP contribution in [-0.2, 0) is 4.74 Å². The Hall–Kier alpha value is -1.35. The molecule has 0 bridgehead atoms. The number of pyridine rings is 1. The Bertz CT molecular complexity index is 373. The van der Waals surface area contributed by atoms with Crippen molar-refractivity contribution in [2.45, 2.75) is 12.2 Å². The predicted molar refractivity (Wildman–Crippen MR) is 42.1 cm³/mol. The van der Waals surface area contributed by atoms with Gasteiger partial charge in [0.2, 0.25) is 5.69 Å². The van der Waals surface area contributed by atoms with Gasteiger partial charge < -0.3 is 9.94 Å². The first kappa shape index (κ1) is 6.20. The first-order chi connectivity index (χ1) is 5.86. The van der Waals surface area contributed by atoms with Crippen LogP contribution in [0.1, 0.15) is 17.4 Å². The summed E-state index contributed by atoms with van der Waals surface area (Å²) in [5.41, 5.74) is 1.73.